The van der Waals surface area contributed by atoms with Crippen molar-refractivity contribution in [3.63, 3.8) is 0 Å². The van der Waals surface area contributed by atoms with Gasteiger partial charge in [0, 0.05) is 15.6 Å². The third kappa shape index (κ3) is 4.36. The molecule has 1 fully saturated rings. The highest BCUT2D eigenvalue weighted by molar-refractivity contribution is 7.84. The normalized spacial score (nSPS) is 24.0. The molecule has 23 heavy (non-hydrogen) atoms. The maximum absolute atomic E-state index is 11.1. The van der Waals surface area contributed by atoms with Crippen LogP contribution in [0.15, 0.2) is 18.2 Å². The second-order valence-electron chi connectivity index (χ2n) is 5.23. The van der Waals surface area contributed by atoms with E-state index in [2.05, 4.69) is 4.18 Å². The predicted molar refractivity (Wildman–Crippen MR) is 87.5 cm³/mol. The lowest BCUT2D eigenvalue weighted by atomic mass is 10.0. The van der Waals surface area contributed by atoms with E-state index in [1.807, 2.05) is 13.8 Å². The van der Waals surface area contributed by atoms with Crippen molar-refractivity contribution in [3.8, 4) is 0 Å². The fourth-order valence-electron chi connectivity index (χ4n) is 2.57. The van der Waals surface area contributed by atoms with Crippen molar-refractivity contribution in [2.45, 2.75) is 44.7 Å². The van der Waals surface area contributed by atoms with Crippen LogP contribution in [0, 0.1) is 0 Å². The van der Waals surface area contributed by atoms with Gasteiger partial charge in [0.25, 0.3) is 0 Å². The quantitative estimate of drug-likeness (QED) is 0.814. The van der Waals surface area contributed by atoms with Gasteiger partial charge in [0.1, 0.15) is 12.2 Å². The molecule has 0 aliphatic carbocycles. The second kappa shape index (κ2) is 7.23. The summed E-state index contributed by atoms with van der Waals surface area (Å²) in [4.78, 5) is 0. The topological polar surface area (TPSA) is 87.9 Å². The summed E-state index contributed by atoms with van der Waals surface area (Å²) >= 11 is 12.5. The molecule has 6 nitrogen and oxygen atoms in total. The van der Waals surface area contributed by atoms with Gasteiger partial charge in [-0.3, -0.25) is 4.18 Å². The Morgan fingerprint density at radius 3 is 2.26 bits per heavy atom. The first kappa shape index (κ1) is 18.9. The molecule has 0 radical (unpaired) electrons. The zero-order valence-corrected chi connectivity index (χ0v) is 15.1. The van der Waals surface area contributed by atoms with Gasteiger partial charge >= 0.3 is 10.3 Å². The predicted octanol–water partition coefficient (Wildman–Crippen LogP) is 3.19. The molecular formula is C14H19Cl2NO5S. The van der Waals surface area contributed by atoms with Gasteiger partial charge in [-0.15, -0.1) is 0 Å². The summed E-state index contributed by atoms with van der Waals surface area (Å²) < 4.78 is 38.8. The maximum Gasteiger partial charge on any atom is 0.333 e. The lowest BCUT2D eigenvalue weighted by Gasteiger charge is -2.25. The van der Waals surface area contributed by atoms with Crippen LogP contribution in [0.1, 0.15) is 38.4 Å². The van der Waals surface area contributed by atoms with Gasteiger partial charge in [-0.1, -0.05) is 43.1 Å². The summed E-state index contributed by atoms with van der Waals surface area (Å²) in [6, 6.07) is 5.08. The molecule has 2 N–H and O–H groups in total. The fourth-order valence-corrected chi connectivity index (χ4v) is 3.50. The first-order chi connectivity index (χ1) is 10.7. The van der Waals surface area contributed by atoms with E-state index in [9.17, 15) is 8.42 Å². The maximum atomic E-state index is 11.1. The molecule has 0 amide bonds. The van der Waals surface area contributed by atoms with Crippen LogP contribution in [0.25, 0.3) is 0 Å². The average Bonchev–Trinajstić information content (AvgIpc) is 2.84. The molecule has 1 aliphatic rings. The molecule has 1 aromatic rings. The van der Waals surface area contributed by atoms with Gasteiger partial charge < -0.3 is 9.47 Å². The minimum atomic E-state index is -4.09. The average molecular weight is 384 g/mol. The van der Waals surface area contributed by atoms with Crippen molar-refractivity contribution in [3.05, 3.63) is 33.8 Å². The molecule has 0 aromatic heterocycles. The molecule has 2 rings (SSSR count). The number of hydrogen-bond donors (Lipinski definition) is 1. The monoisotopic (exact) mass is 383 g/mol. The summed E-state index contributed by atoms with van der Waals surface area (Å²) in [5, 5.41) is 5.72. The molecule has 0 spiro atoms. The van der Waals surface area contributed by atoms with Crippen LogP contribution < -0.4 is 5.14 Å². The Labute approximate surface area is 146 Å². The Morgan fingerprint density at radius 1 is 1.22 bits per heavy atom. The SMILES string of the molecule is CCC1(CC)O[C@@H](COS(N)(=O)=O)[C@H](c2c(Cl)cccc2Cl)O1. The van der Waals surface area contributed by atoms with Crippen LogP contribution in [0.2, 0.25) is 10.0 Å². The Bertz CT molecular complexity index is 643. The zero-order valence-electron chi connectivity index (χ0n) is 12.8. The molecule has 2 atom stereocenters. The summed E-state index contributed by atoms with van der Waals surface area (Å²) in [6.07, 6.45) is -0.203. The third-order valence-corrected chi connectivity index (χ3v) is 4.93. The van der Waals surface area contributed by atoms with Crippen molar-refractivity contribution < 1.29 is 22.1 Å². The molecule has 1 aliphatic heterocycles. The molecule has 0 saturated carbocycles. The summed E-state index contributed by atoms with van der Waals surface area (Å²) in [5.74, 6) is -0.848. The van der Waals surface area contributed by atoms with Gasteiger partial charge in [0.05, 0.1) is 6.61 Å². The number of rotatable bonds is 6. The van der Waals surface area contributed by atoms with E-state index in [4.69, 9.17) is 37.8 Å². The number of benzene rings is 1. The highest BCUT2D eigenvalue weighted by atomic mass is 35.5. The van der Waals surface area contributed by atoms with Crippen LogP contribution in [0.3, 0.4) is 0 Å². The molecule has 0 unspecified atom stereocenters. The fraction of sp³-hybridized carbons (Fsp3) is 0.571. The summed E-state index contributed by atoms with van der Waals surface area (Å²) in [6.45, 7) is 3.54. The van der Waals surface area contributed by atoms with Gasteiger partial charge in [0.15, 0.2) is 5.79 Å². The highest BCUT2D eigenvalue weighted by Crippen LogP contribution is 2.46. The van der Waals surface area contributed by atoms with Gasteiger partial charge in [-0.25, -0.2) is 5.14 Å². The lowest BCUT2D eigenvalue weighted by Crippen LogP contribution is -2.31. The third-order valence-electron chi connectivity index (χ3n) is 3.80. The van der Waals surface area contributed by atoms with Crippen LogP contribution in [-0.2, 0) is 24.0 Å². The molecule has 130 valence electrons. The molecule has 1 heterocycles. The standard InChI is InChI=1S/C14H19Cl2NO5S/c1-3-14(4-2)21-11(8-20-23(17,18)19)13(22-14)12-9(15)6-5-7-10(12)16/h5-7,11,13H,3-4,8H2,1-2H3,(H2,17,18,19)/t11-,13+/m0/s1. The van der Waals surface area contributed by atoms with E-state index in [0.717, 1.165) is 0 Å². The number of nitrogens with two attached hydrogens (primary N) is 1. The van der Waals surface area contributed by atoms with Crippen molar-refractivity contribution in [1.29, 1.82) is 0 Å². The van der Waals surface area contributed by atoms with Crippen molar-refractivity contribution in [1.82, 2.24) is 0 Å². The molecule has 1 aromatic carbocycles. The summed E-state index contributed by atoms with van der Waals surface area (Å²) in [5.41, 5.74) is 0.544. The Balaban J connectivity index is 2.36. The van der Waals surface area contributed by atoms with Gasteiger partial charge in [-0.05, 0) is 25.0 Å². The van der Waals surface area contributed by atoms with Crippen molar-refractivity contribution in [2.75, 3.05) is 6.61 Å². The van der Waals surface area contributed by atoms with Crippen LogP contribution >= 0.6 is 23.2 Å². The first-order valence-corrected chi connectivity index (χ1v) is 9.40. The van der Waals surface area contributed by atoms with Crippen LogP contribution in [0.4, 0.5) is 0 Å². The van der Waals surface area contributed by atoms with Gasteiger partial charge in [-0.2, -0.15) is 8.42 Å². The minimum absolute atomic E-state index is 0.285. The Hall–Kier alpha value is -0.410. The summed E-state index contributed by atoms with van der Waals surface area (Å²) in [7, 11) is -4.09. The molecule has 9 heteroatoms. The lowest BCUT2D eigenvalue weighted by molar-refractivity contribution is -0.181. The van der Waals surface area contributed by atoms with E-state index in [-0.39, 0.29) is 6.61 Å². The molecule has 0 bridgehead atoms. The molecule has 1 saturated heterocycles. The number of hydrogen-bond acceptors (Lipinski definition) is 5. The van der Waals surface area contributed by atoms with E-state index >= 15 is 0 Å². The van der Waals surface area contributed by atoms with E-state index in [1.165, 1.54) is 0 Å². The van der Waals surface area contributed by atoms with E-state index < -0.39 is 28.3 Å². The first-order valence-electron chi connectivity index (χ1n) is 7.18. The largest absolute Gasteiger partial charge is 0.341 e. The minimum Gasteiger partial charge on any atom is -0.341 e. The molecular weight excluding hydrogens is 365 g/mol. The highest BCUT2D eigenvalue weighted by Gasteiger charge is 2.47. The van der Waals surface area contributed by atoms with Crippen LogP contribution in [-0.4, -0.2) is 26.9 Å². The van der Waals surface area contributed by atoms with Crippen molar-refractivity contribution >= 4 is 33.5 Å². The Morgan fingerprint density at radius 2 is 1.78 bits per heavy atom. The number of ether oxygens (including phenoxy) is 2. The van der Waals surface area contributed by atoms with E-state index in [1.54, 1.807) is 18.2 Å². The smallest absolute Gasteiger partial charge is 0.333 e. The van der Waals surface area contributed by atoms with E-state index in [0.29, 0.717) is 28.5 Å². The van der Waals surface area contributed by atoms with Crippen LogP contribution in [0.5, 0.6) is 0 Å². The van der Waals surface area contributed by atoms with Crippen molar-refractivity contribution in [2.24, 2.45) is 5.14 Å². The number of halogens is 2. The second-order valence-corrected chi connectivity index (χ2v) is 7.26. The van der Waals surface area contributed by atoms with Gasteiger partial charge in [0.2, 0.25) is 0 Å². The zero-order chi connectivity index (χ0) is 17.3. The Kier molecular flexibility index (Phi) is 5.94.